The zero-order valence-corrected chi connectivity index (χ0v) is 10.7. The second kappa shape index (κ2) is 5.51. The van der Waals surface area contributed by atoms with E-state index in [2.05, 4.69) is 10.4 Å². The van der Waals surface area contributed by atoms with E-state index in [0.717, 1.165) is 5.69 Å². The molecule has 1 N–H and O–H groups in total. The van der Waals surface area contributed by atoms with E-state index in [1.54, 1.807) is 30.1 Å². The number of methoxy groups -OCH3 is 1. The summed E-state index contributed by atoms with van der Waals surface area (Å²) in [6.45, 7) is 0.292. The Morgan fingerprint density at radius 2 is 2.26 bits per heavy atom. The highest BCUT2D eigenvalue weighted by atomic mass is 19.1. The van der Waals surface area contributed by atoms with Gasteiger partial charge in [0.15, 0.2) is 0 Å². The average molecular weight is 263 g/mol. The van der Waals surface area contributed by atoms with Gasteiger partial charge in [0, 0.05) is 19.3 Å². The number of aryl methyl sites for hydroxylation is 1. The number of nitrogens with zero attached hydrogens (tertiary/aromatic N) is 2. The van der Waals surface area contributed by atoms with Crippen molar-refractivity contribution < 1.29 is 13.9 Å². The Hall–Kier alpha value is -2.37. The molecule has 1 aromatic carbocycles. The minimum Gasteiger partial charge on any atom is -0.497 e. The molecule has 0 spiro atoms. The van der Waals surface area contributed by atoms with Crippen molar-refractivity contribution in [1.29, 1.82) is 0 Å². The molecule has 0 radical (unpaired) electrons. The second-order valence-electron chi connectivity index (χ2n) is 3.97. The summed E-state index contributed by atoms with van der Waals surface area (Å²) >= 11 is 0. The maximum absolute atomic E-state index is 13.7. The van der Waals surface area contributed by atoms with Crippen LogP contribution in [0, 0.1) is 5.82 Å². The third-order valence-electron chi connectivity index (χ3n) is 2.77. The lowest BCUT2D eigenvalue weighted by Crippen LogP contribution is -2.25. The molecule has 0 atom stereocenters. The van der Waals surface area contributed by atoms with Gasteiger partial charge < -0.3 is 10.1 Å². The monoisotopic (exact) mass is 263 g/mol. The predicted octanol–water partition coefficient (Wildman–Crippen LogP) is 1.50. The van der Waals surface area contributed by atoms with E-state index in [1.165, 1.54) is 19.2 Å². The van der Waals surface area contributed by atoms with Gasteiger partial charge in [-0.15, -0.1) is 0 Å². The van der Waals surface area contributed by atoms with E-state index in [4.69, 9.17) is 4.74 Å². The summed E-state index contributed by atoms with van der Waals surface area (Å²) in [5.74, 6) is -0.705. The highest BCUT2D eigenvalue weighted by Crippen LogP contribution is 2.16. The Labute approximate surface area is 110 Å². The molecule has 0 aliphatic carbocycles. The van der Waals surface area contributed by atoms with Crippen molar-refractivity contribution in [3.05, 3.63) is 47.5 Å². The van der Waals surface area contributed by atoms with E-state index in [1.807, 2.05) is 0 Å². The number of carbonyl (C=O) groups excluding carboxylic acids is 1. The number of ether oxygens (including phenoxy) is 1. The van der Waals surface area contributed by atoms with Crippen LogP contribution in [0.15, 0.2) is 30.5 Å². The zero-order valence-electron chi connectivity index (χ0n) is 10.7. The average Bonchev–Trinajstić information content (AvgIpc) is 2.81. The van der Waals surface area contributed by atoms with Gasteiger partial charge >= 0.3 is 0 Å². The molecule has 0 aliphatic rings. The molecule has 0 saturated carbocycles. The smallest absolute Gasteiger partial charge is 0.254 e. The summed E-state index contributed by atoms with van der Waals surface area (Å²) in [6.07, 6.45) is 1.63. The van der Waals surface area contributed by atoms with Gasteiger partial charge in [-0.2, -0.15) is 5.10 Å². The fourth-order valence-electron chi connectivity index (χ4n) is 1.65. The molecule has 0 fully saturated rings. The summed E-state index contributed by atoms with van der Waals surface area (Å²) in [7, 11) is 3.21. The van der Waals surface area contributed by atoms with Crippen LogP contribution < -0.4 is 10.1 Å². The highest BCUT2D eigenvalue weighted by Gasteiger charge is 2.12. The minimum absolute atomic E-state index is 0.0111. The third-order valence-corrected chi connectivity index (χ3v) is 2.77. The first-order valence-electron chi connectivity index (χ1n) is 5.70. The van der Waals surface area contributed by atoms with Gasteiger partial charge in [-0.3, -0.25) is 9.48 Å². The lowest BCUT2D eigenvalue weighted by Gasteiger charge is -2.07. The molecular formula is C13H14FN3O2. The molecule has 0 unspecified atom stereocenters. The van der Waals surface area contributed by atoms with Crippen molar-refractivity contribution in [2.24, 2.45) is 7.05 Å². The number of hydrogen-bond acceptors (Lipinski definition) is 3. The van der Waals surface area contributed by atoms with Crippen LogP contribution in [-0.2, 0) is 13.6 Å². The number of amides is 1. The van der Waals surface area contributed by atoms with Crippen LogP contribution in [0.4, 0.5) is 4.39 Å². The van der Waals surface area contributed by atoms with Crippen molar-refractivity contribution in [3.63, 3.8) is 0 Å². The molecule has 1 heterocycles. The molecule has 19 heavy (non-hydrogen) atoms. The first kappa shape index (κ1) is 13.1. The van der Waals surface area contributed by atoms with Gasteiger partial charge in [0.2, 0.25) is 0 Å². The van der Waals surface area contributed by atoms with Crippen LogP contribution in [0.5, 0.6) is 5.75 Å². The molecule has 1 amide bonds. The van der Waals surface area contributed by atoms with Gasteiger partial charge in [-0.25, -0.2) is 4.39 Å². The molecule has 100 valence electrons. The minimum atomic E-state index is -0.609. The van der Waals surface area contributed by atoms with E-state index >= 15 is 0 Å². The summed E-state index contributed by atoms with van der Waals surface area (Å²) in [4.78, 5) is 11.9. The van der Waals surface area contributed by atoms with Gasteiger partial charge in [0.25, 0.3) is 5.91 Å². The van der Waals surface area contributed by atoms with Crippen molar-refractivity contribution in [2.75, 3.05) is 7.11 Å². The van der Waals surface area contributed by atoms with Crippen LogP contribution in [0.3, 0.4) is 0 Å². The van der Waals surface area contributed by atoms with Gasteiger partial charge in [-0.05, 0) is 18.2 Å². The van der Waals surface area contributed by atoms with Crippen molar-refractivity contribution in [3.8, 4) is 5.75 Å². The summed E-state index contributed by atoms with van der Waals surface area (Å²) in [5, 5.41) is 6.62. The number of benzene rings is 1. The quantitative estimate of drug-likeness (QED) is 0.909. The number of hydrogen-bond donors (Lipinski definition) is 1. The summed E-state index contributed by atoms with van der Waals surface area (Å²) in [5.41, 5.74) is 0.824. The van der Waals surface area contributed by atoms with Crippen molar-refractivity contribution >= 4 is 5.91 Å². The molecule has 0 saturated heterocycles. The molecule has 0 bridgehead atoms. The molecule has 6 heteroatoms. The van der Waals surface area contributed by atoms with Crippen LogP contribution in [-0.4, -0.2) is 22.8 Å². The molecule has 2 rings (SSSR count). The van der Waals surface area contributed by atoms with Crippen molar-refractivity contribution in [1.82, 2.24) is 15.1 Å². The van der Waals surface area contributed by atoms with Crippen molar-refractivity contribution in [2.45, 2.75) is 6.54 Å². The van der Waals surface area contributed by atoms with Gasteiger partial charge in [0.05, 0.1) is 24.9 Å². The molecule has 2 aromatic rings. The van der Waals surface area contributed by atoms with E-state index in [-0.39, 0.29) is 5.56 Å². The highest BCUT2D eigenvalue weighted by molar-refractivity contribution is 5.94. The number of carbonyl (C=O) groups is 1. The fraction of sp³-hybridized carbons (Fsp3) is 0.231. The van der Waals surface area contributed by atoms with Gasteiger partial charge in [0.1, 0.15) is 11.6 Å². The second-order valence-corrected chi connectivity index (χ2v) is 3.97. The Morgan fingerprint density at radius 3 is 2.84 bits per heavy atom. The largest absolute Gasteiger partial charge is 0.497 e. The van der Waals surface area contributed by atoms with Crippen LogP contribution in [0.2, 0.25) is 0 Å². The lowest BCUT2D eigenvalue weighted by molar-refractivity contribution is 0.0946. The number of nitrogens with one attached hydrogen (secondary N) is 1. The molecular weight excluding hydrogens is 249 g/mol. The maximum atomic E-state index is 13.7. The SMILES string of the molecule is COc1ccc(C(=O)NCc2ccnn2C)c(F)c1. The maximum Gasteiger partial charge on any atom is 0.254 e. The first-order chi connectivity index (χ1) is 9.11. The molecule has 1 aromatic heterocycles. The van der Waals surface area contributed by atoms with Crippen LogP contribution in [0.25, 0.3) is 0 Å². The summed E-state index contributed by atoms with van der Waals surface area (Å²) in [6, 6.07) is 5.90. The molecule has 5 nitrogen and oxygen atoms in total. The van der Waals surface area contributed by atoms with Gasteiger partial charge in [-0.1, -0.05) is 0 Å². The summed E-state index contributed by atoms with van der Waals surface area (Å²) < 4.78 is 20.2. The number of aromatic nitrogens is 2. The first-order valence-corrected chi connectivity index (χ1v) is 5.70. The Morgan fingerprint density at radius 1 is 1.47 bits per heavy atom. The fourth-order valence-corrected chi connectivity index (χ4v) is 1.65. The number of halogens is 1. The van der Waals surface area contributed by atoms with E-state index in [9.17, 15) is 9.18 Å². The zero-order chi connectivity index (χ0) is 13.8. The number of rotatable bonds is 4. The lowest BCUT2D eigenvalue weighted by atomic mass is 10.2. The Bertz CT molecular complexity index is 595. The Kier molecular flexibility index (Phi) is 3.79. The topological polar surface area (TPSA) is 56.1 Å². The normalized spacial score (nSPS) is 10.3. The molecule has 0 aliphatic heterocycles. The predicted molar refractivity (Wildman–Crippen MR) is 67.3 cm³/mol. The third kappa shape index (κ3) is 2.90. The van der Waals surface area contributed by atoms with E-state index < -0.39 is 11.7 Å². The Balaban J connectivity index is 2.06. The van der Waals surface area contributed by atoms with E-state index in [0.29, 0.717) is 12.3 Å². The van der Waals surface area contributed by atoms with Crippen LogP contribution >= 0.6 is 0 Å². The standard InChI is InChI=1S/C13H14FN3O2/c1-17-9(5-6-16-17)8-15-13(18)11-4-3-10(19-2)7-12(11)14/h3-7H,8H2,1-2H3,(H,15,18). The van der Waals surface area contributed by atoms with Crippen LogP contribution in [0.1, 0.15) is 16.1 Å².